The summed E-state index contributed by atoms with van der Waals surface area (Å²) in [5.74, 6) is -1.24. The molecule has 27 heavy (non-hydrogen) atoms. The van der Waals surface area contributed by atoms with Gasteiger partial charge >= 0.3 is 12.3 Å². The van der Waals surface area contributed by atoms with Crippen LogP contribution in [0.1, 0.15) is 35.3 Å². The summed E-state index contributed by atoms with van der Waals surface area (Å²) in [7, 11) is 1.25. The fourth-order valence-electron chi connectivity index (χ4n) is 2.79. The van der Waals surface area contributed by atoms with Crippen LogP contribution in [-0.2, 0) is 0 Å². The zero-order valence-electron chi connectivity index (χ0n) is 14.4. The summed E-state index contributed by atoms with van der Waals surface area (Å²) in [6.07, 6.45) is -2.57. The van der Waals surface area contributed by atoms with Crippen LogP contribution in [0.5, 0.6) is 23.0 Å². The van der Waals surface area contributed by atoms with Gasteiger partial charge in [0.05, 0.1) is 12.8 Å². The van der Waals surface area contributed by atoms with Gasteiger partial charge in [0.1, 0.15) is 17.1 Å². The Balaban J connectivity index is 1.94. The molecule has 2 atom stereocenters. The molecule has 2 aromatic rings. The fraction of sp³-hybridized carbons (Fsp3) is 0.333. The van der Waals surface area contributed by atoms with Gasteiger partial charge in [-0.2, -0.15) is 0 Å². The number of ether oxygens (including phenoxy) is 3. The Morgan fingerprint density at radius 3 is 2.48 bits per heavy atom. The molecular weight excluding hydrogens is 367 g/mol. The van der Waals surface area contributed by atoms with Crippen LogP contribution in [0.4, 0.5) is 13.2 Å². The summed E-state index contributed by atoms with van der Waals surface area (Å²) in [6.45, 7) is 1.99. The third-order valence-corrected chi connectivity index (χ3v) is 4.21. The molecule has 1 fully saturated rings. The zero-order valence-corrected chi connectivity index (χ0v) is 14.4. The molecule has 6 nitrogen and oxygen atoms in total. The highest BCUT2D eigenvalue weighted by Gasteiger charge is 2.39. The van der Waals surface area contributed by atoms with Crippen LogP contribution in [0.15, 0.2) is 30.5 Å². The fourth-order valence-corrected chi connectivity index (χ4v) is 2.79. The number of pyridine rings is 1. The highest BCUT2D eigenvalue weighted by Crippen LogP contribution is 2.49. The maximum absolute atomic E-state index is 12.4. The molecule has 1 heterocycles. The summed E-state index contributed by atoms with van der Waals surface area (Å²) in [6, 6.07) is 4.66. The second-order valence-electron chi connectivity index (χ2n) is 6.16. The van der Waals surface area contributed by atoms with Crippen molar-refractivity contribution in [3.8, 4) is 23.0 Å². The molecule has 1 aromatic heterocycles. The van der Waals surface area contributed by atoms with E-state index in [2.05, 4.69) is 9.72 Å². The highest BCUT2D eigenvalue weighted by atomic mass is 19.4. The Morgan fingerprint density at radius 2 is 1.93 bits per heavy atom. The van der Waals surface area contributed by atoms with Gasteiger partial charge in [-0.3, -0.25) is 4.98 Å². The van der Waals surface area contributed by atoms with E-state index in [4.69, 9.17) is 9.47 Å². The lowest BCUT2D eigenvalue weighted by Crippen LogP contribution is -2.17. The molecule has 0 spiro atoms. The van der Waals surface area contributed by atoms with Crippen molar-refractivity contribution < 1.29 is 37.3 Å². The third kappa shape index (κ3) is 4.24. The first kappa shape index (κ1) is 18.8. The van der Waals surface area contributed by atoms with E-state index in [9.17, 15) is 23.1 Å². The van der Waals surface area contributed by atoms with Crippen molar-refractivity contribution in [2.75, 3.05) is 7.11 Å². The average molecular weight is 383 g/mol. The van der Waals surface area contributed by atoms with Crippen molar-refractivity contribution in [3.63, 3.8) is 0 Å². The maximum atomic E-state index is 12.4. The van der Waals surface area contributed by atoms with Crippen molar-refractivity contribution >= 4 is 5.97 Å². The minimum atomic E-state index is -4.84. The van der Waals surface area contributed by atoms with Crippen LogP contribution in [0.2, 0.25) is 0 Å². The predicted octanol–water partition coefficient (Wildman–Crippen LogP) is 4.60. The molecule has 1 aliphatic rings. The van der Waals surface area contributed by atoms with Crippen LogP contribution in [0.3, 0.4) is 0 Å². The van der Waals surface area contributed by atoms with Crippen LogP contribution in [-0.4, -0.2) is 29.5 Å². The predicted molar refractivity (Wildman–Crippen MR) is 87.5 cm³/mol. The van der Waals surface area contributed by atoms with Crippen molar-refractivity contribution in [3.05, 3.63) is 41.7 Å². The van der Waals surface area contributed by atoms with E-state index < -0.39 is 18.1 Å². The summed E-state index contributed by atoms with van der Waals surface area (Å²) < 4.78 is 51.6. The summed E-state index contributed by atoms with van der Waals surface area (Å²) >= 11 is 0. The normalized spacial score (nSPS) is 18.7. The van der Waals surface area contributed by atoms with E-state index in [1.54, 1.807) is 0 Å². The van der Waals surface area contributed by atoms with Gasteiger partial charge in [0.25, 0.3) is 0 Å². The SMILES string of the molecule is COc1cc(OC(F)(F)F)ccc1Oc1ccnc(C2CC2C)c1C(=O)O. The number of rotatable bonds is 6. The summed E-state index contributed by atoms with van der Waals surface area (Å²) in [4.78, 5) is 15.9. The first-order valence-electron chi connectivity index (χ1n) is 8.03. The second kappa shape index (κ2) is 6.98. The van der Waals surface area contributed by atoms with Gasteiger partial charge in [-0.15, -0.1) is 13.2 Å². The number of hydrogen-bond donors (Lipinski definition) is 1. The lowest BCUT2D eigenvalue weighted by molar-refractivity contribution is -0.274. The maximum Gasteiger partial charge on any atom is 0.573 e. The van der Waals surface area contributed by atoms with Gasteiger partial charge in [-0.25, -0.2) is 4.79 Å². The number of nitrogens with zero attached hydrogens (tertiary/aromatic N) is 1. The number of carbonyl (C=O) groups is 1. The topological polar surface area (TPSA) is 77.9 Å². The minimum absolute atomic E-state index is 0.0359. The van der Waals surface area contributed by atoms with E-state index in [1.165, 1.54) is 25.4 Å². The van der Waals surface area contributed by atoms with E-state index in [0.717, 1.165) is 18.6 Å². The quantitative estimate of drug-likeness (QED) is 0.785. The molecule has 9 heteroatoms. The molecule has 1 aromatic carbocycles. The number of aromatic nitrogens is 1. The van der Waals surface area contributed by atoms with Gasteiger partial charge in [0.2, 0.25) is 0 Å². The number of carboxylic acid groups (broad SMARTS) is 1. The number of alkyl halides is 3. The van der Waals surface area contributed by atoms with E-state index in [1.807, 2.05) is 6.92 Å². The molecule has 1 aliphatic carbocycles. The Kier molecular flexibility index (Phi) is 4.86. The van der Waals surface area contributed by atoms with Gasteiger partial charge in [0.15, 0.2) is 11.5 Å². The number of methoxy groups -OCH3 is 1. The van der Waals surface area contributed by atoms with Crippen molar-refractivity contribution in [1.82, 2.24) is 4.98 Å². The standard InChI is InChI=1S/C18H16F3NO5/c1-9-7-11(9)16-15(17(23)24)13(5-6-22-16)26-12-4-3-10(8-14(12)25-2)27-18(19,20)21/h3-6,8-9,11H,7H2,1-2H3,(H,23,24). The monoisotopic (exact) mass is 383 g/mol. The van der Waals surface area contributed by atoms with Gasteiger partial charge in [-0.1, -0.05) is 6.92 Å². The van der Waals surface area contributed by atoms with Crippen LogP contribution < -0.4 is 14.2 Å². The molecule has 3 rings (SSSR count). The molecule has 144 valence electrons. The molecule has 0 saturated heterocycles. The van der Waals surface area contributed by atoms with Gasteiger partial charge in [-0.05, 0) is 24.5 Å². The molecule has 0 aliphatic heterocycles. The van der Waals surface area contributed by atoms with Crippen LogP contribution in [0.25, 0.3) is 0 Å². The number of halogens is 3. The average Bonchev–Trinajstić information content (AvgIpc) is 3.31. The Hall–Kier alpha value is -2.97. The smallest absolute Gasteiger partial charge is 0.493 e. The van der Waals surface area contributed by atoms with E-state index in [0.29, 0.717) is 11.6 Å². The van der Waals surface area contributed by atoms with Crippen molar-refractivity contribution in [1.29, 1.82) is 0 Å². The van der Waals surface area contributed by atoms with Crippen molar-refractivity contribution in [2.24, 2.45) is 5.92 Å². The first-order chi connectivity index (χ1) is 12.7. The van der Waals surface area contributed by atoms with Crippen LogP contribution >= 0.6 is 0 Å². The highest BCUT2D eigenvalue weighted by molar-refractivity contribution is 5.92. The lowest BCUT2D eigenvalue weighted by atomic mass is 10.1. The number of carboxylic acids is 1. The van der Waals surface area contributed by atoms with Crippen LogP contribution in [0, 0.1) is 5.92 Å². The Morgan fingerprint density at radius 1 is 1.22 bits per heavy atom. The summed E-state index contributed by atoms with van der Waals surface area (Å²) in [5, 5.41) is 9.59. The minimum Gasteiger partial charge on any atom is -0.493 e. The molecule has 1 saturated carbocycles. The lowest BCUT2D eigenvalue weighted by Gasteiger charge is -2.15. The number of benzene rings is 1. The zero-order chi connectivity index (χ0) is 19.8. The molecule has 1 N–H and O–H groups in total. The molecule has 0 bridgehead atoms. The molecular formula is C18H16F3NO5. The van der Waals surface area contributed by atoms with Gasteiger partial charge < -0.3 is 19.3 Å². The van der Waals surface area contributed by atoms with Gasteiger partial charge in [0, 0.05) is 24.2 Å². The number of aromatic carboxylic acids is 1. The third-order valence-electron chi connectivity index (χ3n) is 4.21. The van der Waals surface area contributed by atoms with E-state index >= 15 is 0 Å². The Bertz CT molecular complexity index is 869. The van der Waals surface area contributed by atoms with E-state index in [-0.39, 0.29) is 28.7 Å². The molecule has 0 radical (unpaired) electrons. The van der Waals surface area contributed by atoms with Crippen molar-refractivity contribution in [2.45, 2.75) is 25.6 Å². The summed E-state index contributed by atoms with van der Waals surface area (Å²) in [5.41, 5.74) is 0.369. The first-order valence-corrected chi connectivity index (χ1v) is 8.03. The molecule has 0 amide bonds. The number of hydrogen-bond acceptors (Lipinski definition) is 5. The largest absolute Gasteiger partial charge is 0.573 e. The second-order valence-corrected chi connectivity index (χ2v) is 6.16. The molecule has 2 unspecified atom stereocenters. The Labute approximate surface area is 152 Å².